The van der Waals surface area contributed by atoms with Crippen LogP contribution in [-0.4, -0.2) is 27.9 Å². The lowest BCUT2D eigenvalue weighted by atomic mass is 9.95. The molecule has 33 heavy (non-hydrogen) atoms. The molecule has 0 spiro atoms. The van der Waals surface area contributed by atoms with Gasteiger partial charge in [-0.1, -0.05) is 12.1 Å². The molecule has 1 aliphatic heterocycles. The number of nitrogens with zero attached hydrogens (tertiary/aromatic N) is 2. The van der Waals surface area contributed by atoms with Gasteiger partial charge in [0.2, 0.25) is 0 Å². The molecule has 0 bridgehead atoms. The fourth-order valence-electron chi connectivity index (χ4n) is 3.92. The van der Waals surface area contributed by atoms with Crippen LogP contribution >= 0.6 is 0 Å². The van der Waals surface area contributed by atoms with Crippen molar-refractivity contribution in [3.8, 4) is 5.75 Å². The molecule has 0 saturated carbocycles. The molecule has 0 aliphatic carbocycles. The number of aliphatic hydroxyl groups excluding tert-OH is 1. The normalized spacial score (nSPS) is 17.6. The molecular weight excluding hydrogens is 423 g/mol. The second-order valence-corrected chi connectivity index (χ2v) is 8.08. The monoisotopic (exact) mass is 446 g/mol. The molecule has 3 aromatic rings. The van der Waals surface area contributed by atoms with E-state index >= 15 is 0 Å². The van der Waals surface area contributed by atoms with Crippen molar-refractivity contribution in [3.63, 3.8) is 0 Å². The summed E-state index contributed by atoms with van der Waals surface area (Å²) in [5.41, 5.74) is 1.77. The summed E-state index contributed by atoms with van der Waals surface area (Å²) in [6.07, 6.45) is 3.06. The van der Waals surface area contributed by atoms with Crippen LogP contribution in [0.1, 0.15) is 36.6 Å². The predicted molar refractivity (Wildman–Crippen MR) is 122 cm³/mol. The first-order valence-electron chi connectivity index (χ1n) is 10.5. The maximum atomic E-state index is 14.0. The lowest BCUT2D eigenvalue weighted by molar-refractivity contribution is -0.132. The number of rotatable bonds is 5. The van der Waals surface area contributed by atoms with Crippen LogP contribution in [0.3, 0.4) is 0 Å². The van der Waals surface area contributed by atoms with E-state index in [0.717, 1.165) is 5.56 Å². The summed E-state index contributed by atoms with van der Waals surface area (Å²) in [4.78, 5) is 31.5. The molecule has 168 valence electrons. The molecule has 1 amide bonds. The minimum Gasteiger partial charge on any atom is -0.507 e. The Balaban J connectivity index is 1.88. The van der Waals surface area contributed by atoms with E-state index in [1.54, 1.807) is 42.6 Å². The number of ketones is 1. The highest BCUT2D eigenvalue weighted by Gasteiger charge is 2.47. The first kappa shape index (κ1) is 22.2. The zero-order chi connectivity index (χ0) is 23.7. The van der Waals surface area contributed by atoms with Crippen LogP contribution in [0, 0.1) is 12.7 Å². The van der Waals surface area contributed by atoms with Gasteiger partial charge in [0, 0.05) is 23.6 Å². The highest BCUT2D eigenvalue weighted by atomic mass is 19.1. The van der Waals surface area contributed by atoms with Gasteiger partial charge in [-0.2, -0.15) is 0 Å². The van der Waals surface area contributed by atoms with Crippen LogP contribution in [0.4, 0.5) is 10.1 Å². The molecule has 1 aromatic heterocycles. The van der Waals surface area contributed by atoms with Crippen LogP contribution in [0.2, 0.25) is 0 Å². The summed E-state index contributed by atoms with van der Waals surface area (Å²) in [6, 6.07) is 12.9. The number of pyridine rings is 1. The summed E-state index contributed by atoms with van der Waals surface area (Å²) in [7, 11) is 0. The number of Topliss-reactive ketones (excluding diaryl/α,β-unsaturated/α-hetero) is 1. The molecular formula is C26H23FN2O4. The second-order valence-electron chi connectivity index (χ2n) is 8.08. The molecule has 1 atom stereocenters. The van der Waals surface area contributed by atoms with E-state index in [9.17, 15) is 19.1 Å². The minimum atomic E-state index is -0.965. The third kappa shape index (κ3) is 4.22. The summed E-state index contributed by atoms with van der Waals surface area (Å²) >= 11 is 0. The van der Waals surface area contributed by atoms with Gasteiger partial charge in [-0.15, -0.1) is 0 Å². The van der Waals surface area contributed by atoms with Gasteiger partial charge in [0.15, 0.2) is 0 Å². The molecule has 1 saturated heterocycles. The highest BCUT2D eigenvalue weighted by Crippen LogP contribution is 2.42. The molecule has 0 radical (unpaired) electrons. The number of benzene rings is 2. The van der Waals surface area contributed by atoms with Crippen molar-refractivity contribution < 1.29 is 23.8 Å². The molecule has 1 unspecified atom stereocenters. The fraction of sp³-hybridized carbons (Fsp3) is 0.192. The molecule has 1 N–H and O–H groups in total. The Kier molecular flexibility index (Phi) is 5.96. The van der Waals surface area contributed by atoms with Crippen LogP contribution in [0.15, 0.2) is 72.6 Å². The fourth-order valence-corrected chi connectivity index (χ4v) is 3.92. The molecule has 2 aromatic carbocycles. The Hall–Kier alpha value is -4.00. The smallest absolute Gasteiger partial charge is 0.300 e. The van der Waals surface area contributed by atoms with E-state index < -0.39 is 23.5 Å². The Morgan fingerprint density at radius 1 is 1.12 bits per heavy atom. The van der Waals surface area contributed by atoms with Gasteiger partial charge in [-0.3, -0.25) is 19.5 Å². The maximum absolute atomic E-state index is 14.0. The summed E-state index contributed by atoms with van der Waals surface area (Å²) in [5, 5.41) is 11.2. The standard InChI is InChI=1S/C26H23FN2O4/c1-15(2)33-21-10-9-17(12-16(21)3)24(30)22-23(18-6-5-11-28-14-18)29(26(32)25(22)31)20-8-4-7-19(27)13-20/h4-15,23,30H,1-3H3/b24-22-. The number of ether oxygens (including phenoxy) is 1. The first-order valence-corrected chi connectivity index (χ1v) is 10.5. The average molecular weight is 446 g/mol. The number of hydrogen-bond acceptors (Lipinski definition) is 5. The summed E-state index contributed by atoms with van der Waals surface area (Å²) < 4.78 is 19.7. The Labute approximate surface area is 191 Å². The molecule has 6 nitrogen and oxygen atoms in total. The maximum Gasteiger partial charge on any atom is 0.300 e. The number of aliphatic hydroxyl groups is 1. The van der Waals surface area contributed by atoms with E-state index in [1.165, 1.54) is 29.3 Å². The quantitative estimate of drug-likeness (QED) is 0.341. The van der Waals surface area contributed by atoms with Gasteiger partial charge < -0.3 is 9.84 Å². The minimum absolute atomic E-state index is 0.0229. The molecule has 2 heterocycles. The zero-order valence-corrected chi connectivity index (χ0v) is 18.4. The van der Waals surface area contributed by atoms with E-state index in [2.05, 4.69) is 4.98 Å². The second kappa shape index (κ2) is 8.86. The molecule has 1 fully saturated rings. The lowest BCUT2D eigenvalue weighted by Gasteiger charge is -2.25. The molecule has 1 aliphatic rings. The van der Waals surface area contributed by atoms with Crippen LogP contribution < -0.4 is 9.64 Å². The van der Waals surface area contributed by atoms with Crippen molar-refractivity contribution in [3.05, 3.63) is 95.1 Å². The average Bonchev–Trinajstić information content (AvgIpc) is 3.05. The number of amides is 1. The van der Waals surface area contributed by atoms with Gasteiger partial charge in [-0.25, -0.2) is 4.39 Å². The molecule has 7 heteroatoms. The van der Waals surface area contributed by atoms with Gasteiger partial charge in [0.25, 0.3) is 11.7 Å². The van der Waals surface area contributed by atoms with Gasteiger partial charge in [-0.05, 0) is 74.4 Å². The Morgan fingerprint density at radius 3 is 2.55 bits per heavy atom. The largest absolute Gasteiger partial charge is 0.507 e. The van der Waals surface area contributed by atoms with Crippen molar-refractivity contribution in [1.29, 1.82) is 0 Å². The number of anilines is 1. The van der Waals surface area contributed by atoms with E-state index in [4.69, 9.17) is 4.74 Å². The number of carbonyl (C=O) groups excluding carboxylic acids is 2. The number of aromatic nitrogens is 1. The molecule has 4 rings (SSSR count). The van der Waals surface area contributed by atoms with E-state index in [0.29, 0.717) is 16.9 Å². The van der Waals surface area contributed by atoms with Gasteiger partial charge in [0.1, 0.15) is 17.3 Å². The van der Waals surface area contributed by atoms with Crippen LogP contribution in [-0.2, 0) is 9.59 Å². The van der Waals surface area contributed by atoms with E-state index in [-0.39, 0.29) is 23.1 Å². The summed E-state index contributed by atoms with van der Waals surface area (Å²) in [6.45, 7) is 5.66. The predicted octanol–water partition coefficient (Wildman–Crippen LogP) is 4.94. The topological polar surface area (TPSA) is 79.7 Å². The van der Waals surface area contributed by atoms with E-state index in [1.807, 2.05) is 20.8 Å². The third-order valence-electron chi connectivity index (χ3n) is 5.34. The van der Waals surface area contributed by atoms with Crippen molar-refractivity contribution in [2.45, 2.75) is 32.9 Å². The first-order chi connectivity index (χ1) is 15.8. The van der Waals surface area contributed by atoms with Gasteiger partial charge in [0.05, 0.1) is 17.7 Å². The summed E-state index contributed by atoms with van der Waals surface area (Å²) in [5.74, 6) is -1.92. The highest BCUT2D eigenvalue weighted by molar-refractivity contribution is 6.51. The number of aryl methyl sites for hydroxylation is 1. The zero-order valence-electron chi connectivity index (χ0n) is 18.4. The van der Waals surface area contributed by atoms with Crippen LogP contribution in [0.5, 0.6) is 5.75 Å². The number of hydrogen-bond donors (Lipinski definition) is 1. The Bertz CT molecular complexity index is 1250. The number of carbonyl (C=O) groups is 2. The van der Waals surface area contributed by atoms with Crippen molar-refractivity contribution in [2.75, 3.05) is 4.90 Å². The SMILES string of the molecule is Cc1cc(/C(O)=C2/C(=O)C(=O)N(c3cccc(F)c3)C2c2cccnc2)ccc1OC(C)C. The van der Waals surface area contributed by atoms with Crippen molar-refractivity contribution >= 4 is 23.1 Å². The Morgan fingerprint density at radius 2 is 1.91 bits per heavy atom. The van der Waals surface area contributed by atoms with Gasteiger partial charge >= 0.3 is 0 Å². The van der Waals surface area contributed by atoms with Crippen LogP contribution in [0.25, 0.3) is 5.76 Å². The lowest BCUT2D eigenvalue weighted by Crippen LogP contribution is -2.29. The number of halogens is 1. The van der Waals surface area contributed by atoms with Crippen molar-refractivity contribution in [2.24, 2.45) is 0 Å². The van der Waals surface area contributed by atoms with Crippen molar-refractivity contribution in [1.82, 2.24) is 4.98 Å². The third-order valence-corrected chi connectivity index (χ3v) is 5.34.